The van der Waals surface area contributed by atoms with Crippen molar-refractivity contribution < 1.29 is 14.3 Å². The van der Waals surface area contributed by atoms with Gasteiger partial charge in [0, 0.05) is 37.3 Å². The van der Waals surface area contributed by atoms with Gasteiger partial charge in [-0.3, -0.25) is 9.59 Å². The van der Waals surface area contributed by atoms with Gasteiger partial charge in [0.1, 0.15) is 5.82 Å². The standard InChI is InChI=1S/C23H23ClN4O4/c1-31-19-8-4-7-18(22(19)32-2)23(30)27-13-11-26(12-14-27)20-9-10-21(29)28(25-20)17-6-3-5-16(24)15-17/h3-10,15H,11-14H2,1-2H3. The first kappa shape index (κ1) is 21.7. The van der Waals surface area contributed by atoms with Gasteiger partial charge >= 0.3 is 0 Å². The van der Waals surface area contributed by atoms with Gasteiger partial charge in [-0.15, -0.1) is 5.10 Å². The Balaban J connectivity index is 1.51. The van der Waals surface area contributed by atoms with E-state index in [-0.39, 0.29) is 11.5 Å². The van der Waals surface area contributed by atoms with Crippen molar-refractivity contribution in [3.63, 3.8) is 0 Å². The van der Waals surface area contributed by atoms with Gasteiger partial charge in [0.2, 0.25) is 0 Å². The second kappa shape index (κ2) is 9.32. The highest BCUT2D eigenvalue weighted by Gasteiger charge is 2.26. The predicted molar refractivity (Wildman–Crippen MR) is 123 cm³/mol. The van der Waals surface area contributed by atoms with Gasteiger partial charge in [-0.1, -0.05) is 23.7 Å². The molecule has 0 spiro atoms. The highest BCUT2D eigenvalue weighted by molar-refractivity contribution is 6.30. The van der Waals surface area contributed by atoms with Crippen LogP contribution in [0.25, 0.3) is 5.69 Å². The van der Waals surface area contributed by atoms with Crippen molar-refractivity contribution in [2.24, 2.45) is 0 Å². The third-order valence-corrected chi connectivity index (χ3v) is 5.60. The fourth-order valence-corrected chi connectivity index (χ4v) is 3.91. The summed E-state index contributed by atoms with van der Waals surface area (Å²) >= 11 is 6.06. The molecular weight excluding hydrogens is 432 g/mol. The Hall–Kier alpha value is -3.52. The van der Waals surface area contributed by atoms with Crippen molar-refractivity contribution in [3.8, 4) is 17.2 Å². The van der Waals surface area contributed by atoms with Crippen LogP contribution in [-0.2, 0) is 0 Å². The number of carbonyl (C=O) groups is 1. The molecular formula is C23H23ClN4O4. The summed E-state index contributed by atoms with van der Waals surface area (Å²) in [5.74, 6) is 1.50. The van der Waals surface area contributed by atoms with Crippen LogP contribution in [-0.4, -0.2) is 61.0 Å². The molecule has 0 unspecified atom stereocenters. The fourth-order valence-electron chi connectivity index (χ4n) is 3.73. The van der Waals surface area contributed by atoms with E-state index in [4.69, 9.17) is 21.1 Å². The van der Waals surface area contributed by atoms with Crippen LogP contribution in [0.5, 0.6) is 11.5 Å². The zero-order valence-electron chi connectivity index (χ0n) is 17.8. The number of amides is 1. The van der Waals surface area contributed by atoms with Crippen molar-refractivity contribution in [1.82, 2.24) is 14.7 Å². The van der Waals surface area contributed by atoms with Crippen LogP contribution in [0, 0.1) is 0 Å². The van der Waals surface area contributed by atoms with Crippen LogP contribution in [0.3, 0.4) is 0 Å². The minimum atomic E-state index is -0.241. The van der Waals surface area contributed by atoms with E-state index < -0.39 is 0 Å². The Morgan fingerprint density at radius 3 is 2.41 bits per heavy atom. The molecule has 2 aromatic carbocycles. The van der Waals surface area contributed by atoms with E-state index in [9.17, 15) is 9.59 Å². The molecule has 3 aromatic rings. The molecule has 0 aliphatic carbocycles. The van der Waals surface area contributed by atoms with E-state index in [2.05, 4.69) is 5.10 Å². The van der Waals surface area contributed by atoms with Crippen LogP contribution < -0.4 is 19.9 Å². The molecule has 4 rings (SSSR count). The van der Waals surface area contributed by atoms with Gasteiger partial charge in [-0.05, 0) is 36.4 Å². The molecule has 0 bridgehead atoms. The maximum absolute atomic E-state index is 13.1. The van der Waals surface area contributed by atoms with Gasteiger partial charge in [-0.2, -0.15) is 4.68 Å². The lowest BCUT2D eigenvalue weighted by atomic mass is 10.1. The summed E-state index contributed by atoms with van der Waals surface area (Å²) in [6.45, 7) is 2.19. The minimum Gasteiger partial charge on any atom is -0.493 e. The molecule has 1 aromatic heterocycles. The largest absolute Gasteiger partial charge is 0.493 e. The van der Waals surface area contributed by atoms with Crippen LogP contribution >= 0.6 is 11.6 Å². The lowest BCUT2D eigenvalue weighted by Gasteiger charge is -2.35. The third kappa shape index (κ3) is 4.27. The van der Waals surface area contributed by atoms with Crippen molar-refractivity contribution in [1.29, 1.82) is 0 Å². The lowest BCUT2D eigenvalue weighted by molar-refractivity contribution is 0.0742. The molecule has 1 fully saturated rings. The Morgan fingerprint density at radius 1 is 0.969 bits per heavy atom. The highest BCUT2D eigenvalue weighted by atomic mass is 35.5. The summed E-state index contributed by atoms with van der Waals surface area (Å²) in [6, 6.07) is 15.4. The molecule has 0 N–H and O–H groups in total. The highest BCUT2D eigenvalue weighted by Crippen LogP contribution is 2.31. The number of hydrogen-bond donors (Lipinski definition) is 0. The normalized spacial score (nSPS) is 13.7. The van der Waals surface area contributed by atoms with E-state index in [1.54, 1.807) is 60.5 Å². The number of nitrogens with zero attached hydrogens (tertiary/aromatic N) is 4. The summed E-state index contributed by atoms with van der Waals surface area (Å²) in [6.07, 6.45) is 0. The van der Waals surface area contributed by atoms with Crippen molar-refractivity contribution in [3.05, 3.63) is 75.5 Å². The number of hydrogen-bond acceptors (Lipinski definition) is 6. The number of anilines is 1. The van der Waals surface area contributed by atoms with Gasteiger partial charge < -0.3 is 19.3 Å². The summed E-state index contributed by atoms with van der Waals surface area (Å²) in [5.41, 5.74) is 0.825. The molecule has 9 heteroatoms. The predicted octanol–water partition coefficient (Wildman–Crippen LogP) is 2.87. The lowest BCUT2D eigenvalue weighted by Crippen LogP contribution is -2.49. The first-order chi connectivity index (χ1) is 15.5. The molecule has 0 radical (unpaired) electrons. The maximum Gasteiger partial charge on any atom is 0.271 e. The number of ether oxygens (including phenoxy) is 2. The molecule has 1 aliphatic heterocycles. The molecule has 1 saturated heterocycles. The molecule has 8 nitrogen and oxygen atoms in total. The fraction of sp³-hybridized carbons (Fsp3) is 0.261. The molecule has 0 saturated carbocycles. The number of piperazine rings is 1. The number of methoxy groups -OCH3 is 2. The van der Waals surface area contributed by atoms with Gasteiger partial charge in [0.15, 0.2) is 11.5 Å². The summed E-state index contributed by atoms with van der Waals surface area (Å²) in [7, 11) is 3.06. The SMILES string of the molecule is COc1cccc(C(=O)N2CCN(c3ccc(=O)n(-c4cccc(Cl)c4)n3)CC2)c1OC. The van der Waals surface area contributed by atoms with Crippen molar-refractivity contribution >= 4 is 23.3 Å². The topological polar surface area (TPSA) is 76.9 Å². The number of rotatable bonds is 5. The average Bonchev–Trinajstić information content (AvgIpc) is 2.83. The third-order valence-electron chi connectivity index (χ3n) is 5.36. The van der Waals surface area contributed by atoms with Crippen LogP contribution in [0.15, 0.2) is 59.4 Å². The van der Waals surface area contributed by atoms with Crippen molar-refractivity contribution in [2.75, 3.05) is 45.3 Å². The average molecular weight is 455 g/mol. The molecule has 2 heterocycles. The summed E-state index contributed by atoms with van der Waals surface area (Å²) in [5, 5.41) is 5.05. The van der Waals surface area contributed by atoms with Crippen LogP contribution in [0.2, 0.25) is 5.02 Å². The minimum absolute atomic E-state index is 0.114. The molecule has 1 amide bonds. The number of para-hydroxylation sites is 1. The molecule has 32 heavy (non-hydrogen) atoms. The number of aromatic nitrogens is 2. The zero-order valence-corrected chi connectivity index (χ0v) is 18.6. The molecule has 1 aliphatic rings. The van der Waals surface area contributed by atoms with Crippen LogP contribution in [0.1, 0.15) is 10.4 Å². The van der Waals surface area contributed by atoms with E-state index in [1.807, 2.05) is 4.90 Å². The second-order valence-electron chi connectivity index (χ2n) is 7.24. The maximum atomic E-state index is 13.1. The number of halogens is 1. The van der Waals surface area contributed by atoms with Gasteiger partial charge in [0.05, 0.1) is 25.5 Å². The smallest absolute Gasteiger partial charge is 0.271 e. The quantitative estimate of drug-likeness (QED) is 0.590. The summed E-state index contributed by atoms with van der Waals surface area (Å²) < 4.78 is 12.0. The van der Waals surface area contributed by atoms with Crippen molar-refractivity contribution in [2.45, 2.75) is 0 Å². The molecule has 166 valence electrons. The monoisotopic (exact) mass is 454 g/mol. The first-order valence-electron chi connectivity index (χ1n) is 10.1. The Labute approximate surface area is 190 Å². The zero-order chi connectivity index (χ0) is 22.7. The summed E-state index contributed by atoms with van der Waals surface area (Å²) in [4.78, 5) is 29.3. The van der Waals surface area contributed by atoms with Gasteiger partial charge in [0.25, 0.3) is 11.5 Å². The Kier molecular flexibility index (Phi) is 6.32. The van der Waals surface area contributed by atoms with E-state index in [0.29, 0.717) is 59.8 Å². The number of carbonyl (C=O) groups excluding carboxylic acids is 1. The van der Waals surface area contributed by atoms with Crippen LogP contribution in [0.4, 0.5) is 5.82 Å². The Morgan fingerprint density at radius 2 is 1.72 bits per heavy atom. The Bertz CT molecular complexity index is 1190. The van der Waals surface area contributed by atoms with E-state index >= 15 is 0 Å². The first-order valence-corrected chi connectivity index (χ1v) is 10.5. The molecule has 0 atom stereocenters. The van der Waals surface area contributed by atoms with Gasteiger partial charge in [-0.25, -0.2) is 0 Å². The number of benzene rings is 2. The van der Waals surface area contributed by atoms with E-state index in [1.165, 1.54) is 17.9 Å². The van der Waals surface area contributed by atoms with E-state index in [0.717, 1.165) is 0 Å². The second-order valence-corrected chi connectivity index (χ2v) is 7.68.